The summed E-state index contributed by atoms with van der Waals surface area (Å²) in [5.41, 5.74) is 2.84. The van der Waals surface area contributed by atoms with E-state index in [2.05, 4.69) is 26.3 Å². The van der Waals surface area contributed by atoms with Gasteiger partial charge in [-0.25, -0.2) is 4.98 Å². The van der Waals surface area contributed by atoms with E-state index in [1.54, 1.807) is 11.3 Å². The number of H-pyrrole nitrogens is 1. The fourth-order valence-electron chi connectivity index (χ4n) is 3.87. The predicted octanol–water partition coefficient (Wildman–Crippen LogP) is 4.85. The van der Waals surface area contributed by atoms with E-state index in [4.69, 9.17) is 0 Å². The Morgan fingerprint density at radius 2 is 2.00 bits per heavy atom. The van der Waals surface area contributed by atoms with Gasteiger partial charge in [-0.1, -0.05) is 12.1 Å². The number of anilines is 2. The third-order valence-electron chi connectivity index (χ3n) is 5.79. The summed E-state index contributed by atoms with van der Waals surface area (Å²) < 4.78 is 0. The molecule has 1 amide bonds. The summed E-state index contributed by atoms with van der Waals surface area (Å²) in [5.74, 6) is 1.04. The highest BCUT2D eigenvalue weighted by molar-refractivity contribution is 7.99. The standard InChI is InChI=1S/C23H28N4O2S2/c1-14-15(2)31-23-20(14)22(29)25-19(26-23)13-30-16(3)21(28)24-17-9-5-6-10-18(17)27-11-7-4-8-12-27/h5-6,9-10,16H,4,7-8,11-13H2,1-3H3,(H,24,28)(H,25,26,29). The lowest BCUT2D eigenvalue weighted by atomic mass is 10.1. The zero-order chi connectivity index (χ0) is 22.0. The number of carbonyl (C=O) groups is 1. The van der Waals surface area contributed by atoms with E-state index in [0.717, 1.165) is 39.7 Å². The van der Waals surface area contributed by atoms with Crippen LogP contribution in [0, 0.1) is 13.8 Å². The van der Waals surface area contributed by atoms with Crippen LogP contribution in [0.25, 0.3) is 10.2 Å². The van der Waals surface area contributed by atoms with Gasteiger partial charge < -0.3 is 15.2 Å². The summed E-state index contributed by atoms with van der Waals surface area (Å²) in [6, 6.07) is 8.01. The van der Waals surface area contributed by atoms with Gasteiger partial charge in [0.1, 0.15) is 10.7 Å². The van der Waals surface area contributed by atoms with Crippen molar-refractivity contribution >= 4 is 50.6 Å². The molecule has 1 aliphatic rings. The number of benzene rings is 1. The van der Waals surface area contributed by atoms with Crippen molar-refractivity contribution in [1.82, 2.24) is 9.97 Å². The Hall–Kier alpha value is -2.32. The monoisotopic (exact) mass is 456 g/mol. The van der Waals surface area contributed by atoms with Crippen LogP contribution in [0.3, 0.4) is 0 Å². The number of thioether (sulfide) groups is 1. The molecule has 6 nitrogen and oxygen atoms in total. The first-order chi connectivity index (χ1) is 14.9. The second-order valence-electron chi connectivity index (χ2n) is 7.98. The molecule has 2 N–H and O–H groups in total. The number of aromatic nitrogens is 2. The SMILES string of the molecule is Cc1sc2nc(CSC(C)C(=O)Nc3ccccc3N3CCCCC3)[nH]c(=O)c2c1C. The number of para-hydroxylation sites is 2. The number of nitrogens with zero attached hydrogens (tertiary/aromatic N) is 2. The van der Waals surface area contributed by atoms with Crippen LogP contribution < -0.4 is 15.8 Å². The van der Waals surface area contributed by atoms with E-state index >= 15 is 0 Å². The Kier molecular flexibility index (Phi) is 6.67. The van der Waals surface area contributed by atoms with Crippen LogP contribution in [0.2, 0.25) is 0 Å². The molecule has 8 heteroatoms. The fourth-order valence-corrected chi connectivity index (χ4v) is 5.68. The van der Waals surface area contributed by atoms with Crippen molar-refractivity contribution in [2.75, 3.05) is 23.3 Å². The summed E-state index contributed by atoms with van der Waals surface area (Å²) in [6.45, 7) is 7.90. The Morgan fingerprint density at radius 3 is 2.77 bits per heavy atom. The molecule has 1 atom stereocenters. The van der Waals surface area contributed by atoms with Gasteiger partial charge in [0.25, 0.3) is 5.56 Å². The smallest absolute Gasteiger partial charge is 0.259 e. The highest BCUT2D eigenvalue weighted by Gasteiger charge is 2.19. The maximum absolute atomic E-state index is 12.9. The number of amides is 1. The molecule has 3 heterocycles. The number of fused-ring (bicyclic) bond motifs is 1. The molecule has 4 rings (SSSR count). The van der Waals surface area contributed by atoms with Crippen molar-refractivity contribution < 1.29 is 4.79 Å². The van der Waals surface area contributed by atoms with Crippen molar-refractivity contribution in [3.8, 4) is 0 Å². The summed E-state index contributed by atoms with van der Waals surface area (Å²) in [5, 5.41) is 3.51. The number of carbonyl (C=O) groups excluding carboxylic acids is 1. The van der Waals surface area contributed by atoms with E-state index in [9.17, 15) is 9.59 Å². The molecule has 3 aromatic rings. The Labute approximate surface area is 190 Å². The number of hydrogen-bond donors (Lipinski definition) is 2. The molecule has 1 fully saturated rings. The molecular formula is C23H28N4O2S2. The summed E-state index contributed by atoms with van der Waals surface area (Å²) in [7, 11) is 0. The van der Waals surface area contributed by atoms with Gasteiger partial charge in [-0.15, -0.1) is 23.1 Å². The molecule has 0 bridgehead atoms. The highest BCUT2D eigenvalue weighted by Crippen LogP contribution is 2.30. The molecule has 0 saturated carbocycles. The van der Waals surface area contributed by atoms with E-state index < -0.39 is 0 Å². The molecule has 1 aromatic carbocycles. The fraction of sp³-hybridized carbons (Fsp3) is 0.435. The molecule has 31 heavy (non-hydrogen) atoms. The normalized spacial score (nSPS) is 15.3. The Balaban J connectivity index is 1.42. The molecule has 1 aliphatic heterocycles. The first-order valence-electron chi connectivity index (χ1n) is 10.7. The lowest BCUT2D eigenvalue weighted by Crippen LogP contribution is -2.31. The van der Waals surface area contributed by atoms with E-state index in [1.807, 2.05) is 39.0 Å². The molecule has 2 aromatic heterocycles. The van der Waals surface area contributed by atoms with Gasteiger partial charge in [0.05, 0.1) is 27.8 Å². The minimum absolute atomic E-state index is 0.0410. The van der Waals surface area contributed by atoms with Crippen LogP contribution in [0.5, 0.6) is 0 Å². The number of thiophene rings is 1. The molecule has 0 radical (unpaired) electrons. The van der Waals surface area contributed by atoms with Crippen LogP contribution in [-0.2, 0) is 10.5 Å². The number of rotatable bonds is 6. The van der Waals surface area contributed by atoms with Crippen molar-refractivity contribution in [3.05, 3.63) is 50.9 Å². The molecule has 0 aliphatic carbocycles. The van der Waals surface area contributed by atoms with Gasteiger partial charge in [-0.2, -0.15) is 0 Å². The van der Waals surface area contributed by atoms with Gasteiger partial charge >= 0.3 is 0 Å². The van der Waals surface area contributed by atoms with Crippen LogP contribution in [0.1, 0.15) is 42.5 Å². The molecule has 164 valence electrons. The molecule has 1 unspecified atom stereocenters. The average molecular weight is 457 g/mol. The second kappa shape index (κ2) is 9.44. The number of hydrogen-bond acceptors (Lipinski definition) is 6. The van der Waals surface area contributed by atoms with Crippen molar-refractivity contribution in [2.45, 2.75) is 51.0 Å². The van der Waals surface area contributed by atoms with Crippen LogP contribution in [-0.4, -0.2) is 34.2 Å². The second-order valence-corrected chi connectivity index (χ2v) is 10.5. The average Bonchev–Trinajstić information content (AvgIpc) is 3.06. The van der Waals surface area contributed by atoms with Crippen LogP contribution in [0.15, 0.2) is 29.1 Å². The highest BCUT2D eigenvalue weighted by atomic mass is 32.2. The number of nitrogens with one attached hydrogen (secondary N) is 2. The summed E-state index contributed by atoms with van der Waals surface area (Å²) in [4.78, 5) is 37.0. The predicted molar refractivity (Wildman–Crippen MR) is 132 cm³/mol. The minimum Gasteiger partial charge on any atom is -0.370 e. The van der Waals surface area contributed by atoms with E-state index in [-0.39, 0.29) is 16.7 Å². The van der Waals surface area contributed by atoms with Crippen molar-refractivity contribution in [2.24, 2.45) is 0 Å². The number of aromatic amines is 1. The van der Waals surface area contributed by atoms with Gasteiger partial charge in [0, 0.05) is 18.0 Å². The Morgan fingerprint density at radius 1 is 1.26 bits per heavy atom. The third-order valence-corrected chi connectivity index (χ3v) is 8.04. The molecule has 1 saturated heterocycles. The lowest BCUT2D eigenvalue weighted by molar-refractivity contribution is -0.115. The first-order valence-corrected chi connectivity index (χ1v) is 12.6. The summed E-state index contributed by atoms with van der Waals surface area (Å²) in [6.07, 6.45) is 3.64. The van der Waals surface area contributed by atoms with E-state index in [0.29, 0.717) is 17.0 Å². The lowest BCUT2D eigenvalue weighted by Gasteiger charge is -2.30. The Bertz CT molecular complexity index is 1150. The van der Waals surface area contributed by atoms with Gasteiger partial charge in [-0.05, 0) is 57.7 Å². The molecular weight excluding hydrogens is 428 g/mol. The van der Waals surface area contributed by atoms with Crippen molar-refractivity contribution in [1.29, 1.82) is 0 Å². The van der Waals surface area contributed by atoms with Crippen LogP contribution >= 0.6 is 23.1 Å². The number of aryl methyl sites for hydroxylation is 2. The van der Waals surface area contributed by atoms with Crippen LogP contribution in [0.4, 0.5) is 11.4 Å². The zero-order valence-corrected chi connectivity index (χ0v) is 19.8. The molecule has 0 spiro atoms. The zero-order valence-electron chi connectivity index (χ0n) is 18.2. The minimum atomic E-state index is -0.276. The first kappa shape index (κ1) is 21.9. The largest absolute Gasteiger partial charge is 0.370 e. The maximum atomic E-state index is 12.9. The topological polar surface area (TPSA) is 78.1 Å². The third kappa shape index (κ3) is 4.80. The quantitative estimate of drug-likeness (QED) is 0.554. The number of piperidine rings is 1. The van der Waals surface area contributed by atoms with Gasteiger partial charge in [0.15, 0.2) is 0 Å². The van der Waals surface area contributed by atoms with Gasteiger partial charge in [-0.3, -0.25) is 9.59 Å². The van der Waals surface area contributed by atoms with E-state index in [1.165, 1.54) is 31.0 Å². The van der Waals surface area contributed by atoms with Gasteiger partial charge in [0.2, 0.25) is 5.91 Å². The van der Waals surface area contributed by atoms with Crippen molar-refractivity contribution in [3.63, 3.8) is 0 Å². The summed E-state index contributed by atoms with van der Waals surface area (Å²) >= 11 is 3.01. The maximum Gasteiger partial charge on any atom is 0.259 e.